The summed E-state index contributed by atoms with van der Waals surface area (Å²) in [5.74, 6) is -1.33. The van der Waals surface area contributed by atoms with E-state index in [1.54, 1.807) is 11.4 Å². The predicted octanol–water partition coefficient (Wildman–Crippen LogP) is 1.32. The maximum absolute atomic E-state index is 11.5. The molecule has 0 aliphatic carbocycles. The van der Waals surface area contributed by atoms with E-state index >= 15 is 0 Å². The average molecular weight is 250 g/mol. The molecule has 0 saturated heterocycles. The molecular formula is C8H10O5S2. The Morgan fingerprint density at radius 2 is 2.13 bits per heavy atom. The maximum Gasteiger partial charge on any atom is 0.336 e. The van der Waals surface area contributed by atoms with Gasteiger partial charge in [-0.2, -0.15) is 8.42 Å². The van der Waals surface area contributed by atoms with Crippen LogP contribution in [0.2, 0.25) is 0 Å². The third kappa shape index (κ3) is 2.77. The molecule has 84 valence electrons. The molecule has 15 heavy (non-hydrogen) atoms. The summed E-state index contributed by atoms with van der Waals surface area (Å²) in [6, 6.07) is 2.91. The van der Waals surface area contributed by atoms with Gasteiger partial charge >= 0.3 is 16.1 Å². The van der Waals surface area contributed by atoms with Gasteiger partial charge in [0, 0.05) is 0 Å². The lowest BCUT2D eigenvalue weighted by atomic mass is 10.1. The first-order valence-corrected chi connectivity index (χ1v) is 6.27. The highest BCUT2D eigenvalue weighted by Gasteiger charge is 2.35. The van der Waals surface area contributed by atoms with Gasteiger partial charge in [-0.3, -0.25) is 0 Å². The van der Waals surface area contributed by atoms with E-state index in [1.165, 1.54) is 19.9 Å². The molecule has 0 amide bonds. The summed E-state index contributed by atoms with van der Waals surface area (Å²) in [6.45, 7) is 2.36. The molecule has 0 saturated carbocycles. The monoisotopic (exact) mass is 250 g/mol. The van der Waals surface area contributed by atoms with Crippen molar-refractivity contribution in [3.63, 3.8) is 0 Å². The van der Waals surface area contributed by atoms with E-state index < -0.39 is 21.7 Å². The molecule has 1 heterocycles. The van der Waals surface area contributed by atoms with Crippen LogP contribution in [0.5, 0.6) is 0 Å². The van der Waals surface area contributed by atoms with E-state index in [9.17, 15) is 13.2 Å². The Labute approximate surface area is 91.4 Å². The number of carboxylic acids is 1. The van der Waals surface area contributed by atoms with Crippen molar-refractivity contribution in [2.45, 2.75) is 23.7 Å². The van der Waals surface area contributed by atoms with E-state index in [0.717, 1.165) is 11.3 Å². The first-order valence-electron chi connectivity index (χ1n) is 3.98. The highest BCUT2D eigenvalue weighted by molar-refractivity contribution is 7.89. The van der Waals surface area contributed by atoms with Gasteiger partial charge < -0.3 is 5.11 Å². The molecule has 0 radical (unpaired) electrons. The third-order valence-electron chi connectivity index (χ3n) is 1.57. The van der Waals surface area contributed by atoms with Crippen LogP contribution in [0.1, 0.15) is 13.8 Å². The van der Waals surface area contributed by atoms with Crippen molar-refractivity contribution >= 4 is 27.4 Å². The zero-order valence-corrected chi connectivity index (χ0v) is 9.76. The van der Waals surface area contributed by atoms with Crippen LogP contribution in [-0.2, 0) is 19.1 Å². The summed E-state index contributed by atoms with van der Waals surface area (Å²) in [5.41, 5.74) is -1.76. The van der Waals surface area contributed by atoms with Crippen molar-refractivity contribution < 1.29 is 22.5 Å². The fraction of sp³-hybridized carbons (Fsp3) is 0.375. The highest BCUT2D eigenvalue weighted by atomic mass is 32.3. The van der Waals surface area contributed by atoms with Crippen molar-refractivity contribution in [2.24, 2.45) is 0 Å². The Kier molecular flexibility index (Phi) is 3.17. The molecule has 5 nitrogen and oxygen atoms in total. The highest BCUT2D eigenvalue weighted by Crippen LogP contribution is 2.23. The molecule has 1 aromatic heterocycles. The van der Waals surface area contributed by atoms with E-state index in [2.05, 4.69) is 4.18 Å². The van der Waals surface area contributed by atoms with E-state index in [1.807, 2.05) is 0 Å². The molecule has 1 N–H and O–H groups in total. The second-order valence-electron chi connectivity index (χ2n) is 3.29. The van der Waals surface area contributed by atoms with Crippen LogP contribution in [0.15, 0.2) is 21.7 Å². The van der Waals surface area contributed by atoms with Crippen LogP contribution in [-0.4, -0.2) is 25.1 Å². The molecular weight excluding hydrogens is 240 g/mol. The van der Waals surface area contributed by atoms with Gasteiger partial charge in [-0.05, 0) is 25.3 Å². The minimum Gasteiger partial charge on any atom is -0.479 e. The lowest BCUT2D eigenvalue weighted by Crippen LogP contribution is -2.36. The molecule has 1 aromatic rings. The van der Waals surface area contributed by atoms with Crippen LogP contribution in [0.25, 0.3) is 0 Å². The zero-order valence-electron chi connectivity index (χ0n) is 8.13. The van der Waals surface area contributed by atoms with Crippen LogP contribution in [0, 0.1) is 0 Å². The second kappa shape index (κ2) is 3.92. The van der Waals surface area contributed by atoms with Gasteiger partial charge in [0.2, 0.25) is 0 Å². The van der Waals surface area contributed by atoms with Gasteiger partial charge in [-0.15, -0.1) is 11.3 Å². The number of rotatable bonds is 4. The van der Waals surface area contributed by atoms with Crippen LogP contribution < -0.4 is 0 Å². The normalized spacial score (nSPS) is 12.7. The van der Waals surface area contributed by atoms with Gasteiger partial charge in [-0.25, -0.2) is 8.98 Å². The molecule has 0 aromatic carbocycles. The number of hydrogen-bond donors (Lipinski definition) is 1. The van der Waals surface area contributed by atoms with Crippen molar-refractivity contribution in [3.8, 4) is 0 Å². The van der Waals surface area contributed by atoms with E-state index in [4.69, 9.17) is 5.11 Å². The van der Waals surface area contributed by atoms with E-state index in [-0.39, 0.29) is 4.21 Å². The predicted molar refractivity (Wildman–Crippen MR) is 54.3 cm³/mol. The summed E-state index contributed by atoms with van der Waals surface area (Å²) in [5, 5.41) is 10.3. The summed E-state index contributed by atoms with van der Waals surface area (Å²) in [4.78, 5) is 10.7. The van der Waals surface area contributed by atoms with Crippen molar-refractivity contribution in [1.82, 2.24) is 0 Å². The fourth-order valence-electron chi connectivity index (χ4n) is 0.757. The Morgan fingerprint density at radius 3 is 2.53 bits per heavy atom. The lowest BCUT2D eigenvalue weighted by molar-refractivity contribution is -0.151. The third-order valence-corrected chi connectivity index (χ3v) is 4.40. The quantitative estimate of drug-likeness (QED) is 0.815. The number of carbonyl (C=O) groups is 1. The maximum atomic E-state index is 11.5. The van der Waals surface area contributed by atoms with Crippen molar-refractivity contribution in [1.29, 1.82) is 0 Å². The fourth-order valence-corrected chi connectivity index (χ4v) is 2.89. The first kappa shape index (κ1) is 12.2. The Balaban J connectivity index is 2.97. The number of hydrogen-bond acceptors (Lipinski definition) is 5. The summed E-state index contributed by atoms with van der Waals surface area (Å²) >= 11 is 0.976. The SMILES string of the molecule is CC(C)(OS(=O)(=O)c1cccs1)C(=O)O. The average Bonchev–Trinajstić information content (AvgIpc) is 2.53. The first-order chi connectivity index (χ1) is 6.76. The summed E-state index contributed by atoms with van der Waals surface area (Å²) < 4.78 is 27.7. The number of carboxylic acid groups (broad SMARTS) is 1. The molecule has 0 spiro atoms. The minimum atomic E-state index is -3.98. The van der Waals surface area contributed by atoms with Gasteiger partial charge in [0.25, 0.3) is 0 Å². The molecule has 0 unspecified atom stereocenters. The molecule has 0 atom stereocenters. The molecule has 0 fully saturated rings. The topological polar surface area (TPSA) is 80.7 Å². The zero-order chi connectivity index (χ0) is 11.7. The summed E-state index contributed by atoms with van der Waals surface area (Å²) in [6.07, 6.45) is 0. The van der Waals surface area contributed by atoms with E-state index in [0.29, 0.717) is 0 Å². The lowest BCUT2D eigenvalue weighted by Gasteiger charge is -2.18. The van der Waals surface area contributed by atoms with Gasteiger partial charge in [0.15, 0.2) is 5.60 Å². The standard InChI is InChI=1S/C8H10O5S2/c1-8(2,7(9)10)13-15(11,12)6-4-3-5-14-6/h3-5H,1-2H3,(H,9,10). The van der Waals surface area contributed by atoms with Crippen LogP contribution in [0.4, 0.5) is 0 Å². The van der Waals surface area contributed by atoms with Gasteiger partial charge in [0.1, 0.15) is 4.21 Å². The number of aliphatic carboxylic acids is 1. The summed E-state index contributed by atoms with van der Waals surface area (Å²) in [7, 11) is -3.98. The largest absolute Gasteiger partial charge is 0.479 e. The van der Waals surface area contributed by atoms with Gasteiger partial charge in [-0.1, -0.05) is 6.07 Å². The number of thiophene rings is 1. The van der Waals surface area contributed by atoms with Gasteiger partial charge in [0.05, 0.1) is 0 Å². The molecule has 7 heteroatoms. The second-order valence-corrected chi connectivity index (χ2v) is 6.01. The Morgan fingerprint density at radius 1 is 1.53 bits per heavy atom. The molecule has 0 bridgehead atoms. The van der Waals surface area contributed by atoms with Crippen LogP contribution in [0.3, 0.4) is 0 Å². The van der Waals surface area contributed by atoms with Crippen LogP contribution >= 0.6 is 11.3 Å². The minimum absolute atomic E-state index is 0.00294. The molecule has 0 aliphatic rings. The van der Waals surface area contributed by atoms with Crippen molar-refractivity contribution in [3.05, 3.63) is 17.5 Å². The Bertz CT molecular complexity index is 443. The molecule has 0 aliphatic heterocycles. The molecule has 1 rings (SSSR count). The van der Waals surface area contributed by atoms with Crippen molar-refractivity contribution in [2.75, 3.05) is 0 Å². The Hall–Kier alpha value is -0.920. The smallest absolute Gasteiger partial charge is 0.336 e.